The van der Waals surface area contributed by atoms with Crippen molar-refractivity contribution in [1.29, 1.82) is 0 Å². The van der Waals surface area contributed by atoms with Gasteiger partial charge in [-0.1, -0.05) is 60.1 Å². The third-order valence-electron chi connectivity index (χ3n) is 7.29. The average molecular weight is 775 g/mol. The molecule has 0 aliphatic rings. The number of benzene rings is 4. The van der Waals surface area contributed by atoms with Gasteiger partial charge in [0.25, 0.3) is 0 Å². The van der Waals surface area contributed by atoms with Gasteiger partial charge in [-0.3, -0.25) is 9.59 Å². The Balaban J connectivity index is 1.23. The topological polar surface area (TPSA) is 135 Å². The molecule has 14 heteroatoms. The van der Waals surface area contributed by atoms with Crippen molar-refractivity contribution in [2.45, 2.75) is 27.7 Å². The molecule has 270 valence electrons. The minimum absolute atomic E-state index is 0.117. The molecule has 4 N–H and O–H groups in total. The van der Waals surface area contributed by atoms with Gasteiger partial charge >= 0.3 is 11.9 Å². The van der Waals surface area contributed by atoms with E-state index in [9.17, 15) is 19.2 Å². The number of aryl methyl sites for hydroxylation is 2. The first-order valence-corrected chi connectivity index (χ1v) is 19.0. The summed E-state index contributed by atoms with van der Waals surface area (Å²) < 4.78 is 10.9. The first kappa shape index (κ1) is 40.0. The van der Waals surface area contributed by atoms with Crippen LogP contribution in [0.2, 0.25) is 0 Å². The number of thiocarbonyl (C=S) groups is 2. The predicted molar refractivity (Wildman–Crippen MR) is 221 cm³/mol. The molecular formula is C38H38N4O6S4. The van der Waals surface area contributed by atoms with Crippen molar-refractivity contribution in [3.05, 3.63) is 107 Å². The third-order valence-corrected chi connectivity index (χ3v) is 9.74. The van der Waals surface area contributed by atoms with Crippen LogP contribution < -0.4 is 21.3 Å². The monoisotopic (exact) mass is 774 g/mol. The van der Waals surface area contributed by atoms with Crippen molar-refractivity contribution in [1.82, 2.24) is 0 Å². The number of nitrogens with one attached hydrogen (secondary N) is 4. The highest BCUT2D eigenvalue weighted by atomic mass is 32.2. The second-order valence-electron chi connectivity index (χ2n) is 11.2. The third kappa shape index (κ3) is 12.2. The zero-order chi connectivity index (χ0) is 37.6. The second kappa shape index (κ2) is 19.7. The summed E-state index contributed by atoms with van der Waals surface area (Å²) in [5, 5.41) is 12.0. The number of amides is 2. The van der Waals surface area contributed by atoms with Gasteiger partial charge in [0.15, 0.2) is 0 Å². The van der Waals surface area contributed by atoms with E-state index in [1.807, 2.05) is 38.1 Å². The van der Waals surface area contributed by atoms with Gasteiger partial charge in [0.1, 0.15) is 8.64 Å². The quantitative estimate of drug-likeness (QED) is 0.0767. The average Bonchev–Trinajstić information content (AvgIpc) is 3.12. The minimum Gasteiger partial charge on any atom is -0.462 e. The van der Waals surface area contributed by atoms with Crippen LogP contribution in [-0.4, -0.2) is 57.1 Å². The number of thioether (sulfide) groups is 2. The lowest BCUT2D eigenvalue weighted by molar-refractivity contribution is -0.114. The maximum absolute atomic E-state index is 12.5. The standard InChI is InChI=1S/C38H38N4O6S4/c1-5-47-35(45)25-7-13-29(14-8-25)39-33(43)21-51-37(49)41-31-17-11-27(19-23(31)3)28-12-18-32(24(4)20-28)42-38(50)52-22-34(44)40-30-15-9-26(10-16-30)36(46)48-6-2/h7-20H,5-6,21-22H2,1-4H3,(H,39,43)(H,40,44)(H,41,49)(H,42,50). The fourth-order valence-electron chi connectivity index (χ4n) is 4.72. The van der Waals surface area contributed by atoms with Gasteiger partial charge in [-0.25, -0.2) is 9.59 Å². The zero-order valence-corrected chi connectivity index (χ0v) is 32.3. The number of ether oxygens (including phenoxy) is 2. The van der Waals surface area contributed by atoms with E-state index in [1.54, 1.807) is 62.4 Å². The molecule has 10 nitrogen and oxygen atoms in total. The molecule has 0 atom stereocenters. The normalized spacial score (nSPS) is 10.5. The Morgan fingerprint density at radius 3 is 1.25 bits per heavy atom. The molecule has 0 heterocycles. The molecule has 4 rings (SSSR count). The van der Waals surface area contributed by atoms with Crippen LogP contribution in [0.3, 0.4) is 0 Å². The van der Waals surface area contributed by atoms with Crippen molar-refractivity contribution in [2.75, 3.05) is 46.0 Å². The molecule has 0 aromatic heterocycles. The van der Waals surface area contributed by atoms with Gasteiger partial charge in [-0.15, -0.1) is 0 Å². The SMILES string of the molecule is CCOC(=O)c1ccc(NC(=O)CSC(=S)Nc2ccc(-c3ccc(NC(=S)SCC(=O)Nc4ccc(C(=O)OCC)cc4)c(C)c3)cc2C)cc1. The number of carbonyl (C=O) groups excluding carboxylic acids is 4. The molecule has 0 saturated carbocycles. The van der Waals surface area contributed by atoms with Crippen LogP contribution in [0.25, 0.3) is 11.1 Å². The lowest BCUT2D eigenvalue weighted by atomic mass is 10.00. The molecule has 0 unspecified atom stereocenters. The van der Waals surface area contributed by atoms with E-state index >= 15 is 0 Å². The van der Waals surface area contributed by atoms with Gasteiger partial charge in [-0.2, -0.15) is 0 Å². The van der Waals surface area contributed by atoms with E-state index in [-0.39, 0.29) is 23.3 Å². The van der Waals surface area contributed by atoms with Crippen LogP contribution in [0.15, 0.2) is 84.9 Å². The Labute approximate surface area is 322 Å². The number of anilines is 4. The predicted octanol–water partition coefficient (Wildman–Crippen LogP) is 8.46. The number of esters is 2. The summed E-state index contributed by atoms with van der Waals surface area (Å²) in [5.74, 6) is -1.03. The Morgan fingerprint density at radius 2 is 0.923 bits per heavy atom. The maximum atomic E-state index is 12.5. The molecule has 0 fully saturated rings. The molecule has 0 aliphatic carbocycles. The van der Waals surface area contributed by atoms with Crippen LogP contribution in [0, 0.1) is 13.8 Å². The highest BCUT2D eigenvalue weighted by molar-refractivity contribution is 8.24. The van der Waals surface area contributed by atoms with Gasteiger partial charge in [0, 0.05) is 22.7 Å². The molecule has 4 aromatic rings. The van der Waals surface area contributed by atoms with E-state index in [1.165, 1.54) is 23.5 Å². The van der Waals surface area contributed by atoms with Crippen molar-refractivity contribution in [2.24, 2.45) is 0 Å². The summed E-state index contributed by atoms with van der Waals surface area (Å²) in [5.41, 5.74) is 7.67. The minimum atomic E-state index is -0.409. The second-order valence-corrected chi connectivity index (χ2v) is 14.5. The van der Waals surface area contributed by atoms with E-state index in [4.69, 9.17) is 33.9 Å². The lowest BCUT2D eigenvalue weighted by Crippen LogP contribution is -2.17. The lowest BCUT2D eigenvalue weighted by Gasteiger charge is -2.14. The summed E-state index contributed by atoms with van der Waals surface area (Å²) >= 11 is 13.4. The van der Waals surface area contributed by atoms with Crippen molar-refractivity contribution in [3.8, 4) is 11.1 Å². The van der Waals surface area contributed by atoms with E-state index in [2.05, 4.69) is 33.4 Å². The highest BCUT2D eigenvalue weighted by Gasteiger charge is 2.12. The van der Waals surface area contributed by atoms with Crippen molar-refractivity contribution in [3.63, 3.8) is 0 Å². The number of rotatable bonds is 13. The molecule has 52 heavy (non-hydrogen) atoms. The summed E-state index contributed by atoms with van der Waals surface area (Å²) in [4.78, 5) is 48.6. The Bertz CT molecular complexity index is 1810. The number of hydrogen-bond donors (Lipinski definition) is 4. The Morgan fingerprint density at radius 1 is 0.558 bits per heavy atom. The van der Waals surface area contributed by atoms with Crippen molar-refractivity contribution < 1.29 is 28.7 Å². The molecule has 0 saturated heterocycles. The number of hydrogen-bond acceptors (Lipinski definition) is 10. The Kier molecular flexibility index (Phi) is 15.2. The summed E-state index contributed by atoms with van der Waals surface area (Å²) in [6.45, 7) is 8.04. The maximum Gasteiger partial charge on any atom is 0.338 e. The molecule has 2 amide bonds. The molecule has 0 bridgehead atoms. The molecule has 0 aliphatic heterocycles. The fourth-order valence-corrected chi connectivity index (χ4v) is 6.33. The molecular weight excluding hydrogens is 737 g/mol. The summed E-state index contributed by atoms with van der Waals surface area (Å²) in [6.07, 6.45) is 0. The van der Waals surface area contributed by atoms with Gasteiger partial charge in [0.2, 0.25) is 11.8 Å². The van der Waals surface area contributed by atoms with E-state index in [0.717, 1.165) is 33.6 Å². The van der Waals surface area contributed by atoms with Crippen molar-refractivity contribution >= 4 is 103 Å². The Hall–Kier alpha value is -4.76. The fraction of sp³-hybridized carbons (Fsp3) is 0.211. The van der Waals surface area contributed by atoms with Crippen LogP contribution in [0.4, 0.5) is 22.7 Å². The molecule has 0 spiro atoms. The van der Waals surface area contributed by atoms with E-state index < -0.39 is 11.9 Å². The smallest absolute Gasteiger partial charge is 0.338 e. The first-order chi connectivity index (χ1) is 24.9. The van der Waals surface area contributed by atoms with Crippen LogP contribution >= 0.6 is 48.0 Å². The van der Waals surface area contributed by atoms with Crippen LogP contribution in [0.1, 0.15) is 45.7 Å². The number of carbonyl (C=O) groups is 4. The van der Waals surface area contributed by atoms with Gasteiger partial charge in [0.05, 0.1) is 35.8 Å². The van der Waals surface area contributed by atoms with E-state index in [0.29, 0.717) is 44.4 Å². The van der Waals surface area contributed by atoms with Crippen LogP contribution in [0.5, 0.6) is 0 Å². The highest BCUT2D eigenvalue weighted by Crippen LogP contribution is 2.29. The summed E-state index contributed by atoms with van der Waals surface area (Å²) in [7, 11) is 0. The van der Waals surface area contributed by atoms with Crippen LogP contribution in [-0.2, 0) is 19.1 Å². The summed E-state index contributed by atoms with van der Waals surface area (Å²) in [6, 6.07) is 25.1. The molecule has 0 radical (unpaired) electrons. The zero-order valence-electron chi connectivity index (χ0n) is 29.0. The largest absolute Gasteiger partial charge is 0.462 e. The van der Waals surface area contributed by atoms with Gasteiger partial charge in [-0.05, 0) is 123 Å². The van der Waals surface area contributed by atoms with Gasteiger partial charge < -0.3 is 30.7 Å². The first-order valence-electron chi connectivity index (χ1n) is 16.2. The molecule has 4 aromatic carbocycles.